The highest BCUT2D eigenvalue weighted by Gasteiger charge is 2.08. The van der Waals surface area contributed by atoms with E-state index in [0.717, 1.165) is 0 Å². The molecular formula is C11H15Cl2NO. The molecular weight excluding hydrogens is 233 g/mol. The van der Waals surface area contributed by atoms with E-state index in [1.807, 2.05) is 6.92 Å². The molecule has 15 heavy (non-hydrogen) atoms. The van der Waals surface area contributed by atoms with Gasteiger partial charge in [0.1, 0.15) is 5.70 Å². The van der Waals surface area contributed by atoms with E-state index in [9.17, 15) is 4.79 Å². The molecule has 1 N–H and O–H groups in total. The summed E-state index contributed by atoms with van der Waals surface area (Å²) in [7, 11) is 1.65. The second kappa shape index (κ2) is 7.55. The minimum Gasteiger partial charge on any atom is -0.384 e. The van der Waals surface area contributed by atoms with E-state index in [1.54, 1.807) is 26.1 Å². The van der Waals surface area contributed by atoms with Crippen molar-refractivity contribution in [2.45, 2.75) is 20.3 Å². The summed E-state index contributed by atoms with van der Waals surface area (Å²) in [5.74, 6) is -0.165. The second-order valence-electron chi connectivity index (χ2n) is 2.78. The molecule has 0 aliphatic carbocycles. The number of likely N-dealkylation sites (N-methyl/N-ethyl adjacent to an activating group) is 1. The predicted octanol–water partition coefficient (Wildman–Crippen LogP) is 3.33. The molecule has 0 aromatic rings. The number of halogens is 2. The Balaban J connectivity index is 5.06. The monoisotopic (exact) mass is 247 g/mol. The van der Waals surface area contributed by atoms with Crippen molar-refractivity contribution in [3.63, 3.8) is 0 Å². The number of rotatable bonds is 5. The summed E-state index contributed by atoms with van der Waals surface area (Å²) in [6.07, 6.45) is 5.37. The fourth-order valence-corrected chi connectivity index (χ4v) is 1.39. The first kappa shape index (κ1) is 14.3. The number of carbonyl (C=O) groups excluding carboxylic acids is 1. The van der Waals surface area contributed by atoms with Crippen LogP contribution in [0.4, 0.5) is 0 Å². The zero-order valence-corrected chi connectivity index (χ0v) is 10.6. The molecule has 84 valence electrons. The van der Waals surface area contributed by atoms with Crippen molar-refractivity contribution >= 4 is 29.0 Å². The van der Waals surface area contributed by atoms with Gasteiger partial charge < -0.3 is 5.32 Å². The maximum absolute atomic E-state index is 11.5. The fraction of sp³-hybridized carbons (Fsp3) is 0.364. The summed E-state index contributed by atoms with van der Waals surface area (Å²) in [6, 6.07) is 0. The van der Waals surface area contributed by atoms with Crippen LogP contribution in [0.25, 0.3) is 0 Å². The maximum Gasteiger partial charge on any atom is 0.202 e. The third-order valence-electron chi connectivity index (χ3n) is 1.67. The van der Waals surface area contributed by atoms with Gasteiger partial charge in [0.2, 0.25) is 5.78 Å². The molecule has 0 unspecified atom stereocenters. The van der Waals surface area contributed by atoms with Crippen molar-refractivity contribution < 1.29 is 4.79 Å². The van der Waals surface area contributed by atoms with Gasteiger partial charge in [-0.25, -0.2) is 0 Å². The van der Waals surface area contributed by atoms with Crippen LogP contribution in [-0.2, 0) is 4.79 Å². The van der Waals surface area contributed by atoms with Crippen LogP contribution in [0.1, 0.15) is 20.3 Å². The van der Waals surface area contributed by atoms with E-state index < -0.39 is 0 Å². The Bertz CT molecular complexity index is 317. The third-order valence-corrected chi connectivity index (χ3v) is 2.35. The molecule has 0 atom stereocenters. The normalized spacial score (nSPS) is 14.1. The van der Waals surface area contributed by atoms with Gasteiger partial charge in [-0.2, -0.15) is 0 Å². The Morgan fingerprint density at radius 3 is 2.40 bits per heavy atom. The van der Waals surface area contributed by atoms with Crippen LogP contribution in [0.2, 0.25) is 0 Å². The molecule has 0 aliphatic rings. The van der Waals surface area contributed by atoms with Gasteiger partial charge in [-0.1, -0.05) is 36.2 Å². The van der Waals surface area contributed by atoms with Crippen molar-refractivity contribution in [3.05, 3.63) is 34.0 Å². The molecule has 0 amide bonds. The first-order valence-electron chi connectivity index (χ1n) is 4.67. The smallest absolute Gasteiger partial charge is 0.202 e. The Kier molecular flexibility index (Phi) is 7.18. The molecule has 0 rings (SSSR count). The SMILES string of the molecule is C/C=C\C(=O)/C(NC)=C(Cl)/C=C(/Cl)CC. The van der Waals surface area contributed by atoms with E-state index in [2.05, 4.69) is 5.32 Å². The van der Waals surface area contributed by atoms with Gasteiger partial charge in [-0.15, -0.1) is 0 Å². The van der Waals surface area contributed by atoms with E-state index in [1.165, 1.54) is 6.08 Å². The van der Waals surface area contributed by atoms with Gasteiger partial charge in [0, 0.05) is 12.1 Å². The van der Waals surface area contributed by atoms with Crippen LogP contribution in [0.3, 0.4) is 0 Å². The van der Waals surface area contributed by atoms with Crippen molar-refractivity contribution in [1.82, 2.24) is 5.32 Å². The Labute approximate surface area is 101 Å². The molecule has 0 radical (unpaired) electrons. The Hall–Kier alpha value is -0.730. The zero-order valence-electron chi connectivity index (χ0n) is 9.10. The molecule has 2 nitrogen and oxygen atoms in total. The van der Waals surface area contributed by atoms with Gasteiger partial charge >= 0.3 is 0 Å². The highest BCUT2D eigenvalue weighted by molar-refractivity contribution is 6.36. The summed E-state index contributed by atoms with van der Waals surface area (Å²) in [4.78, 5) is 11.5. The Morgan fingerprint density at radius 2 is 2.00 bits per heavy atom. The first-order chi connectivity index (χ1) is 7.06. The zero-order chi connectivity index (χ0) is 11.8. The first-order valence-corrected chi connectivity index (χ1v) is 5.43. The lowest BCUT2D eigenvalue weighted by Crippen LogP contribution is -2.15. The summed E-state index contributed by atoms with van der Waals surface area (Å²) in [5.41, 5.74) is 0.348. The molecule has 0 aromatic heterocycles. The third kappa shape index (κ3) is 5.05. The lowest BCUT2D eigenvalue weighted by atomic mass is 10.2. The molecule has 0 aliphatic heterocycles. The molecule has 0 aromatic carbocycles. The van der Waals surface area contributed by atoms with Gasteiger partial charge in [0.25, 0.3) is 0 Å². The standard InChI is InChI=1S/C11H15Cl2NO/c1-4-6-10(15)11(14-3)9(13)7-8(12)5-2/h4,6-7,14H,5H2,1-3H3/b6-4-,8-7+,11-9+. The maximum atomic E-state index is 11.5. The minimum atomic E-state index is -0.165. The van der Waals surface area contributed by atoms with Gasteiger partial charge in [-0.3, -0.25) is 4.79 Å². The molecule has 0 spiro atoms. The van der Waals surface area contributed by atoms with E-state index >= 15 is 0 Å². The van der Waals surface area contributed by atoms with Crippen LogP contribution in [0, 0.1) is 0 Å². The largest absolute Gasteiger partial charge is 0.384 e. The molecule has 0 saturated carbocycles. The number of hydrogen-bond donors (Lipinski definition) is 1. The van der Waals surface area contributed by atoms with E-state index in [0.29, 0.717) is 22.2 Å². The van der Waals surface area contributed by atoms with Crippen molar-refractivity contribution in [2.75, 3.05) is 7.05 Å². The average Bonchev–Trinajstić information content (AvgIpc) is 2.19. The molecule has 0 fully saturated rings. The highest BCUT2D eigenvalue weighted by Crippen LogP contribution is 2.16. The van der Waals surface area contributed by atoms with Crippen molar-refractivity contribution in [3.8, 4) is 0 Å². The molecule has 0 bridgehead atoms. The number of allylic oxidation sites excluding steroid dienone is 5. The van der Waals surface area contributed by atoms with Crippen LogP contribution < -0.4 is 5.32 Å². The molecule has 4 heteroatoms. The number of nitrogens with one attached hydrogen (secondary N) is 1. The van der Waals surface area contributed by atoms with Gasteiger partial charge in [-0.05, 0) is 25.5 Å². The van der Waals surface area contributed by atoms with Crippen LogP contribution in [0.5, 0.6) is 0 Å². The van der Waals surface area contributed by atoms with Crippen LogP contribution >= 0.6 is 23.2 Å². The summed E-state index contributed by atoms with van der Waals surface area (Å²) >= 11 is 11.8. The summed E-state index contributed by atoms with van der Waals surface area (Å²) < 4.78 is 0. The van der Waals surface area contributed by atoms with Gasteiger partial charge in [0.15, 0.2) is 0 Å². The second-order valence-corrected chi connectivity index (χ2v) is 3.67. The van der Waals surface area contributed by atoms with Crippen LogP contribution in [-0.4, -0.2) is 12.8 Å². The van der Waals surface area contributed by atoms with E-state index in [4.69, 9.17) is 23.2 Å². The lowest BCUT2D eigenvalue weighted by molar-refractivity contribution is -0.111. The minimum absolute atomic E-state index is 0.165. The van der Waals surface area contributed by atoms with Crippen molar-refractivity contribution in [2.24, 2.45) is 0 Å². The topological polar surface area (TPSA) is 29.1 Å². The quantitative estimate of drug-likeness (QED) is 0.597. The average molecular weight is 248 g/mol. The van der Waals surface area contributed by atoms with Crippen molar-refractivity contribution in [1.29, 1.82) is 0 Å². The highest BCUT2D eigenvalue weighted by atomic mass is 35.5. The predicted molar refractivity (Wildman–Crippen MR) is 66.0 cm³/mol. The van der Waals surface area contributed by atoms with Gasteiger partial charge in [0.05, 0.1) is 5.03 Å². The lowest BCUT2D eigenvalue weighted by Gasteiger charge is -2.04. The number of hydrogen-bond acceptors (Lipinski definition) is 2. The van der Waals surface area contributed by atoms with E-state index in [-0.39, 0.29) is 5.78 Å². The summed E-state index contributed by atoms with van der Waals surface area (Å²) in [6.45, 7) is 3.68. The number of ketones is 1. The molecule has 0 heterocycles. The summed E-state index contributed by atoms with van der Waals surface area (Å²) in [5, 5.41) is 3.70. The Morgan fingerprint density at radius 1 is 1.40 bits per heavy atom. The molecule has 0 saturated heterocycles. The number of carbonyl (C=O) groups is 1. The van der Waals surface area contributed by atoms with Crippen LogP contribution in [0.15, 0.2) is 34.0 Å². The fourth-order valence-electron chi connectivity index (χ4n) is 0.907.